The zero-order valence-corrected chi connectivity index (χ0v) is 19.5. The van der Waals surface area contributed by atoms with Gasteiger partial charge in [-0.05, 0) is 42.0 Å². The van der Waals surface area contributed by atoms with Gasteiger partial charge < -0.3 is 15.4 Å². The van der Waals surface area contributed by atoms with Crippen LogP contribution in [0.1, 0.15) is 11.1 Å². The van der Waals surface area contributed by atoms with Crippen LogP contribution in [0.25, 0.3) is 0 Å². The fourth-order valence-corrected chi connectivity index (χ4v) is 3.85. The average Bonchev–Trinajstić information content (AvgIpc) is 3.40. The van der Waals surface area contributed by atoms with Gasteiger partial charge in [-0.2, -0.15) is 10.2 Å². The van der Waals surface area contributed by atoms with E-state index in [9.17, 15) is 0 Å². The Labute approximate surface area is 200 Å². The fraction of sp³-hybridized carbons (Fsp3) is 0.136. The number of hydrogen-bond donors (Lipinski definition) is 2. The van der Waals surface area contributed by atoms with Crippen molar-refractivity contribution in [2.45, 2.75) is 13.1 Å². The topological polar surface area (TPSA) is 68.9 Å². The summed E-state index contributed by atoms with van der Waals surface area (Å²) in [6.07, 6.45) is 5.42. The molecule has 4 rings (SSSR count). The molecule has 0 spiro atoms. The predicted molar refractivity (Wildman–Crippen MR) is 132 cm³/mol. The molecule has 0 amide bonds. The van der Waals surface area contributed by atoms with Crippen LogP contribution in [0.4, 0.5) is 11.5 Å². The maximum Gasteiger partial charge on any atom is 0.176 e. The molecule has 0 atom stereocenters. The van der Waals surface area contributed by atoms with Crippen molar-refractivity contribution >= 4 is 52.0 Å². The molecule has 0 aliphatic carbocycles. The molecule has 2 N–H and O–H groups in total. The number of thiocarbonyl (C=S) groups is 1. The number of halogens is 2. The van der Waals surface area contributed by atoms with Gasteiger partial charge in [0, 0.05) is 34.1 Å². The molecule has 2 aromatic carbocycles. The molecule has 0 saturated heterocycles. The molecule has 0 fully saturated rings. The minimum atomic E-state index is 0.409. The molecule has 0 radical (unpaired) electrons. The number of hydrogen-bond acceptors (Lipinski definition) is 4. The molecular weight excluding hydrogens is 467 g/mol. The SMILES string of the molecule is COc1cccc(Cn2cc(NC(=S)Nc3ccn(Cc4c(Cl)cccc4Cl)n3)cn2)c1. The van der Waals surface area contributed by atoms with Crippen LogP contribution in [0.15, 0.2) is 67.1 Å². The first-order valence-corrected chi connectivity index (χ1v) is 10.9. The van der Waals surface area contributed by atoms with Gasteiger partial charge in [0.15, 0.2) is 10.9 Å². The quantitative estimate of drug-likeness (QED) is 0.345. The lowest BCUT2D eigenvalue weighted by Crippen LogP contribution is -2.19. The van der Waals surface area contributed by atoms with Crippen LogP contribution in [0.3, 0.4) is 0 Å². The normalized spacial score (nSPS) is 10.7. The summed E-state index contributed by atoms with van der Waals surface area (Å²) in [4.78, 5) is 0. The summed E-state index contributed by atoms with van der Waals surface area (Å²) < 4.78 is 8.83. The Bertz CT molecular complexity index is 1220. The lowest BCUT2D eigenvalue weighted by atomic mass is 10.2. The molecule has 0 aliphatic rings. The summed E-state index contributed by atoms with van der Waals surface area (Å²) in [6, 6.07) is 15.1. The van der Waals surface area contributed by atoms with Crippen LogP contribution in [0.5, 0.6) is 5.75 Å². The smallest absolute Gasteiger partial charge is 0.176 e. The van der Waals surface area contributed by atoms with Gasteiger partial charge in [-0.3, -0.25) is 9.36 Å². The van der Waals surface area contributed by atoms with E-state index < -0.39 is 0 Å². The van der Waals surface area contributed by atoms with E-state index in [1.54, 1.807) is 30.1 Å². The monoisotopic (exact) mass is 486 g/mol. The van der Waals surface area contributed by atoms with Crippen LogP contribution in [0, 0.1) is 0 Å². The molecule has 10 heteroatoms. The molecule has 4 aromatic rings. The van der Waals surface area contributed by atoms with E-state index in [-0.39, 0.29) is 0 Å². The lowest BCUT2D eigenvalue weighted by Gasteiger charge is -2.08. The maximum atomic E-state index is 6.24. The van der Waals surface area contributed by atoms with Gasteiger partial charge in [-0.25, -0.2) is 0 Å². The van der Waals surface area contributed by atoms with E-state index in [4.69, 9.17) is 40.2 Å². The zero-order chi connectivity index (χ0) is 22.5. The second kappa shape index (κ2) is 10.0. The van der Waals surface area contributed by atoms with Crippen LogP contribution < -0.4 is 15.4 Å². The molecule has 32 heavy (non-hydrogen) atoms. The summed E-state index contributed by atoms with van der Waals surface area (Å²) in [5.41, 5.74) is 2.67. The van der Waals surface area contributed by atoms with Crippen molar-refractivity contribution in [2.24, 2.45) is 0 Å². The summed E-state index contributed by atoms with van der Waals surface area (Å²) >= 11 is 17.9. The Kier molecular flexibility index (Phi) is 6.94. The number of methoxy groups -OCH3 is 1. The minimum absolute atomic E-state index is 0.409. The first-order valence-electron chi connectivity index (χ1n) is 9.70. The van der Waals surface area contributed by atoms with Crippen molar-refractivity contribution in [1.82, 2.24) is 19.6 Å². The number of rotatable bonds is 7. The molecule has 2 heterocycles. The van der Waals surface area contributed by atoms with E-state index in [0.717, 1.165) is 22.6 Å². The summed E-state index contributed by atoms with van der Waals surface area (Å²) in [6.45, 7) is 1.07. The van der Waals surface area contributed by atoms with Crippen molar-refractivity contribution in [3.63, 3.8) is 0 Å². The van der Waals surface area contributed by atoms with Crippen LogP contribution >= 0.6 is 35.4 Å². The fourth-order valence-electron chi connectivity index (χ4n) is 3.11. The molecule has 7 nitrogen and oxygen atoms in total. The van der Waals surface area contributed by atoms with Crippen LogP contribution in [0.2, 0.25) is 10.0 Å². The summed E-state index contributed by atoms with van der Waals surface area (Å²) in [7, 11) is 1.65. The average molecular weight is 487 g/mol. The highest BCUT2D eigenvalue weighted by atomic mass is 35.5. The van der Waals surface area contributed by atoms with Gasteiger partial charge in [0.25, 0.3) is 0 Å². The highest BCUT2D eigenvalue weighted by Crippen LogP contribution is 2.25. The Hall–Kier alpha value is -3.07. The Morgan fingerprint density at radius 3 is 2.59 bits per heavy atom. The highest BCUT2D eigenvalue weighted by Gasteiger charge is 2.09. The Morgan fingerprint density at radius 2 is 1.81 bits per heavy atom. The lowest BCUT2D eigenvalue weighted by molar-refractivity contribution is 0.414. The molecule has 0 aliphatic heterocycles. The van der Waals surface area contributed by atoms with E-state index in [1.165, 1.54) is 0 Å². The third kappa shape index (κ3) is 5.59. The Morgan fingerprint density at radius 1 is 1.03 bits per heavy atom. The minimum Gasteiger partial charge on any atom is -0.497 e. The number of ether oxygens (including phenoxy) is 1. The number of aromatic nitrogens is 4. The largest absolute Gasteiger partial charge is 0.497 e. The first-order chi connectivity index (χ1) is 15.5. The van der Waals surface area contributed by atoms with Crippen LogP contribution in [-0.4, -0.2) is 31.8 Å². The summed E-state index contributed by atoms with van der Waals surface area (Å²) in [5.74, 6) is 1.42. The van der Waals surface area contributed by atoms with Crippen molar-refractivity contribution in [3.05, 3.63) is 88.3 Å². The second-order valence-corrected chi connectivity index (χ2v) is 8.18. The van der Waals surface area contributed by atoms with Crippen molar-refractivity contribution in [2.75, 3.05) is 17.7 Å². The summed E-state index contributed by atoms with van der Waals surface area (Å²) in [5, 5.41) is 16.7. The van der Waals surface area contributed by atoms with Crippen molar-refractivity contribution < 1.29 is 4.74 Å². The van der Waals surface area contributed by atoms with Crippen LogP contribution in [-0.2, 0) is 13.1 Å². The molecule has 0 bridgehead atoms. The predicted octanol–water partition coefficient (Wildman–Crippen LogP) is 5.30. The van der Waals surface area contributed by atoms with Crippen molar-refractivity contribution in [1.29, 1.82) is 0 Å². The zero-order valence-electron chi connectivity index (χ0n) is 17.1. The number of nitrogens with one attached hydrogen (secondary N) is 2. The molecule has 2 aromatic heterocycles. The van der Waals surface area contributed by atoms with E-state index >= 15 is 0 Å². The van der Waals surface area contributed by atoms with E-state index in [1.807, 2.05) is 53.5 Å². The third-order valence-corrected chi connectivity index (χ3v) is 5.55. The third-order valence-electron chi connectivity index (χ3n) is 4.63. The number of nitrogens with zero attached hydrogens (tertiary/aromatic N) is 4. The van der Waals surface area contributed by atoms with Gasteiger partial charge in [0.05, 0.1) is 32.1 Å². The molecule has 0 unspecified atom stereocenters. The number of anilines is 2. The van der Waals surface area contributed by atoms with Gasteiger partial charge in [-0.1, -0.05) is 41.4 Å². The van der Waals surface area contributed by atoms with Crippen molar-refractivity contribution in [3.8, 4) is 5.75 Å². The highest BCUT2D eigenvalue weighted by molar-refractivity contribution is 7.80. The molecule has 0 saturated carbocycles. The maximum absolute atomic E-state index is 6.24. The molecule has 164 valence electrons. The van der Waals surface area contributed by atoms with Gasteiger partial charge in [0.2, 0.25) is 0 Å². The Balaban J connectivity index is 1.33. The first kappa shape index (κ1) is 22.1. The standard InChI is InChI=1S/C22H20Cl2N6OS/c1-31-17-5-2-4-15(10-17)12-30-13-16(11-25-30)26-22(32)27-21-8-9-29(28-21)14-18-19(23)6-3-7-20(18)24/h2-11,13H,12,14H2,1H3,(H2,26,27,28,32). The molecular formula is C22H20Cl2N6OS. The van der Waals surface area contributed by atoms with E-state index in [2.05, 4.69) is 20.8 Å². The second-order valence-electron chi connectivity index (χ2n) is 6.96. The van der Waals surface area contributed by atoms with E-state index in [0.29, 0.717) is 34.1 Å². The van der Waals surface area contributed by atoms with Gasteiger partial charge >= 0.3 is 0 Å². The van der Waals surface area contributed by atoms with Gasteiger partial charge in [0.1, 0.15) is 5.75 Å². The number of benzene rings is 2. The van der Waals surface area contributed by atoms with Gasteiger partial charge in [-0.15, -0.1) is 0 Å².